The lowest BCUT2D eigenvalue weighted by Crippen LogP contribution is -2.05. The molecule has 0 bridgehead atoms. The van der Waals surface area contributed by atoms with Crippen LogP contribution < -0.4 is 0 Å². The van der Waals surface area contributed by atoms with Gasteiger partial charge in [0.15, 0.2) is 0 Å². The van der Waals surface area contributed by atoms with Gasteiger partial charge >= 0.3 is 5.97 Å². The Morgan fingerprint density at radius 2 is 1.88 bits per heavy atom. The number of rotatable bonds is 15. The largest absolute Gasteiger partial charge is 0.481 e. The molecular weight excluding hydrogens is 316 g/mol. The van der Waals surface area contributed by atoms with E-state index in [4.69, 9.17) is 5.11 Å². The van der Waals surface area contributed by atoms with Crippen LogP contribution in [0, 0.1) is 11.8 Å². The van der Waals surface area contributed by atoms with Crippen molar-refractivity contribution in [3.05, 3.63) is 12.2 Å². The highest BCUT2D eigenvalue weighted by Crippen LogP contribution is 2.36. The second-order valence-electron chi connectivity index (χ2n) is 7.28. The molecule has 1 aliphatic carbocycles. The highest BCUT2D eigenvalue weighted by atomic mass is 32.2. The molecule has 140 valence electrons. The van der Waals surface area contributed by atoms with Gasteiger partial charge in [0.1, 0.15) is 0 Å². The molecule has 0 aromatic rings. The van der Waals surface area contributed by atoms with E-state index in [0.29, 0.717) is 0 Å². The van der Waals surface area contributed by atoms with Crippen molar-refractivity contribution in [2.24, 2.45) is 11.8 Å². The van der Waals surface area contributed by atoms with Gasteiger partial charge in [-0.1, -0.05) is 64.0 Å². The van der Waals surface area contributed by atoms with Crippen molar-refractivity contribution < 1.29 is 9.90 Å². The van der Waals surface area contributed by atoms with Gasteiger partial charge in [-0.2, -0.15) is 11.8 Å². The van der Waals surface area contributed by atoms with Crippen molar-refractivity contribution in [1.29, 1.82) is 0 Å². The first-order valence-corrected chi connectivity index (χ1v) is 11.4. The summed E-state index contributed by atoms with van der Waals surface area (Å²) >= 11 is 1.56. The van der Waals surface area contributed by atoms with E-state index >= 15 is 0 Å². The molecule has 0 aromatic carbocycles. The predicted molar refractivity (Wildman–Crippen MR) is 107 cm³/mol. The molecule has 1 fully saturated rings. The maximum atomic E-state index is 10.5. The molecule has 3 heteroatoms. The van der Waals surface area contributed by atoms with Gasteiger partial charge in [0.2, 0.25) is 0 Å². The summed E-state index contributed by atoms with van der Waals surface area (Å²) in [6.07, 6.45) is 22.5. The number of carboxylic acids is 1. The molecule has 0 radical (unpaired) electrons. The van der Waals surface area contributed by atoms with Crippen LogP contribution in [0.2, 0.25) is 0 Å². The normalized spacial score (nSPS) is 20.9. The van der Waals surface area contributed by atoms with Gasteiger partial charge in [0, 0.05) is 0 Å². The van der Waals surface area contributed by atoms with Crippen LogP contribution in [0.5, 0.6) is 0 Å². The average Bonchev–Trinajstić information content (AvgIpc) is 3.00. The van der Waals surface area contributed by atoms with Crippen molar-refractivity contribution in [2.75, 3.05) is 11.5 Å². The third kappa shape index (κ3) is 11.2. The summed E-state index contributed by atoms with van der Waals surface area (Å²) in [6.45, 7) is 2.27. The number of unbranched alkanes of at least 4 members (excludes halogenated alkanes) is 7. The van der Waals surface area contributed by atoms with E-state index in [2.05, 4.69) is 19.1 Å². The van der Waals surface area contributed by atoms with Crippen molar-refractivity contribution in [3.63, 3.8) is 0 Å². The molecule has 24 heavy (non-hydrogen) atoms. The number of hydrogen-bond donors (Lipinski definition) is 1. The first kappa shape index (κ1) is 21.6. The van der Waals surface area contributed by atoms with Crippen LogP contribution in [0.3, 0.4) is 0 Å². The molecule has 1 aliphatic rings. The molecule has 0 aromatic heterocycles. The van der Waals surface area contributed by atoms with E-state index in [1.807, 2.05) is 0 Å². The molecule has 1 N–H and O–H groups in total. The van der Waals surface area contributed by atoms with Crippen LogP contribution in [0.1, 0.15) is 90.4 Å². The summed E-state index contributed by atoms with van der Waals surface area (Å²) in [5, 5.41) is 8.62. The summed E-state index contributed by atoms with van der Waals surface area (Å²) < 4.78 is 0. The minimum Gasteiger partial charge on any atom is -0.481 e. The monoisotopic (exact) mass is 354 g/mol. The van der Waals surface area contributed by atoms with Crippen LogP contribution in [-0.4, -0.2) is 22.6 Å². The molecule has 0 heterocycles. The Bertz CT molecular complexity index is 341. The second-order valence-corrected chi connectivity index (χ2v) is 8.39. The van der Waals surface area contributed by atoms with Gasteiger partial charge in [-0.05, 0) is 56.1 Å². The van der Waals surface area contributed by atoms with Gasteiger partial charge in [0.05, 0.1) is 5.75 Å². The molecule has 0 spiro atoms. The van der Waals surface area contributed by atoms with Gasteiger partial charge in [0.25, 0.3) is 0 Å². The van der Waals surface area contributed by atoms with Crippen molar-refractivity contribution >= 4 is 17.7 Å². The Morgan fingerprint density at radius 3 is 2.67 bits per heavy atom. The van der Waals surface area contributed by atoms with Gasteiger partial charge in [-0.15, -0.1) is 0 Å². The zero-order valence-electron chi connectivity index (χ0n) is 15.7. The molecule has 0 unspecified atom stereocenters. The lowest BCUT2D eigenvalue weighted by atomic mass is 9.90. The zero-order chi connectivity index (χ0) is 17.5. The fraction of sp³-hybridized carbons (Fsp3) is 0.857. The Balaban J connectivity index is 2.03. The van der Waals surface area contributed by atoms with Gasteiger partial charge in [-0.3, -0.25) is 4.79 Å². The highest BCUT2D eigenvalue weighted by molar-refractivity contribution is 7.99. The lowest BCUT2D eigenvalue weighted by Gasteiger charge is -2.16. The van der Waals surface area contributed by atoms with E-state index in [1.165, 1.54) is 83.5 Å². The van der Waals surface area contributed by atoms with Crippen LogP contribution in [-0.2, 0) is 4.79 Å². The predicted octanol–water partition coefficient (Wildman–Crippen LogP) is 6.70. The van der Waals surface area contributed by atoms with E-state index in [1.54, 1.807) is 11.8 Å². The summed E-state index contributed by atoms with van der Waals surface area (Å²) in [7, 11) is 0. The third-order valence-electron chi connectivity index (χ3n) is 5.16. The SMILES string of the molecule is CCCCCCCCC=C[C@H]1CCC[C@@H]1CCCCSCC(=O)O. The highest BCUT2D eigenvalue weighted by Gasteiger charge is 2.24. The standard InChI is InChI=1S/C21H38O2S/c1-2-3-4-5-6-7-8-9-13-19-15-12-16-20(19)14-10-11-17-24-18-21(22)23/h9,13,19-20H,2-8,10-12,14-18H2,1H3,(H,22,23)/t19-,20-/m0/s1. The molecule has 1 rings (SSSR count). The minimum absolute atomic E-state index is 0.257. The lowest BCUT2D eigenvalue weighted by molar-refractivity contribution is -0.133. The van der Waals surface area contributed by atoms with Crippen LogP contribution >= 0.6 is 11.8 Å². The summed E-state index contributed by atoms with van der Waals surface area (Å²) in [5.74, 6) is 2.27. The summed E-state index contributed by atoms with van der Waals surface area (Å²) in [6, 6.07) is 0. The van der Waals surface area contributed by atoms with Crippen LogP contribution in [0.25, 0.3) is 0 Å². The molecule has 0 saturated heterocycles. The molecule has 2 atom stereocenters. The maximum Gasteiger partial charge on any atom is 0.313 e. The number of aliphatic carboxylic acids is 1. The first-order chi connectivity index (χ1) is 11.7. The number of carbonyl (C=O) groups is 1. The minimum atomic E-state index is -0.689. The van der Waals surface area contributed by atoms with Crippen molar-refractivity contribution in [1.82, 2.24) is 0 Å². The maximum absolute atomic E-state index is 10.5. The molecule has 1 saturated carbocycles. The van der Waals surface area contributed by atoms with E-state index in [-0.39, 0.29) is 5.75 Å². The number of carboxylic acid groups (broad SMARTS) is 1. The van der Waals surface area contributed by atoms with E-state index in [0.717, 1.165) is 17.6 Å². The molecular formula is C21H38O2S. The number of thioether (sulfide) groups is 1. The Labute approximate surface area is 153 Å². The van der Waals surface area contributed by atoms with Crippen molar-refractivity contribution in [2.45, 2.75) is 90.4 Å². The molecule has 2 nitrogen and oxygen atoms in total. The Morgan fingerprint density at radius 1 is 1.08 bits per heavy atom. The first-order valence-electron chi connectivity index (χ1n) is 10.2. The fourth-order valence-corrected chi connectivity index (χ4v) is 4.49. The van der Waals surface area contributed by atoms with Crippen LogP contribution in [0.15, 0.2) is 12.2 Å². The quantitative estimate of drug-likeness (QED) is 0.263. The number of hydrogen-bond acceptors (Lipinski definition) is 2. The van der Waals surface area contributed by atoms with Gasteiger partial charge in [-0.25, -0.2) is 0 Å². The topological polar surface area (TPSA) is 37.3 Å². The smallest absolute Gasteiger partial charge is 0.313 e. The Kier molecular flexibility index (Phi) is 13.4. The zero-order valence-corrected chi connectivity index (χ0v) is 16.5. The fourth-order valence-electron chi connectivity index (χ4n) is 3.76. The Hall–Kier alpha value is -0.440. The molecule has 0 aliphatic heterocycles. The third-order valence-corrected chi connectivity index (χ3v) is 6.19. The molecule has 0 amide bonds. The summed E-state index contributed by atoms with van der Waals surface area (Å²) in [4.78, 5) is 10.5. The van der Waals surface area contributed by atoms with Crippen molar-refractivity contribution in [3.8, 4) is 0 Å². The van der Waals surface area contributed by atoms with Crippen LogP contribution in [0.4, 0.5) is 0 Å². The van der Waals surface area contributed by atoms with E-state index < -0.39 is 5.97 Å². The van der Waals surface area contributed by atoms with Gasteiger partial charge < -0.3 is 5.11 Å². The second kappa shape index (κ2) is 14.9. The summed E-state index contributed by atoms with van der Waals surface area (Å²) in [5.41, 5.74) is 0. The van der Waals surface area contributed by atoms with E-state index in [9.17, 15) is 4.79 Å². The number of allylic oxidation sites excluding steroid dienone is 2. The average molecular weight is 355 g/mol.